The number of hydrogen-bond donors (Lipinski definition) is 1. The molecule has 3 amide bonds. The van der Waals surface area contributed by atoms with Crippen LogP contribution < -0.4 is 15.0 Å². The monoisotopic (exact) mass is 472 g/mol. The second kappa shape index (κ2) is 8.48. The molecule has 10 heteroatoms. The zero-order valence-electron chi connectivity index (χ0n) is 17.7. The molecule has 4 rings (SSSR count). The van der Waals surface area contributed by atoms with Gasteiger partial charge in [0.15, 0.2) is 5.17 Å². The number of amidine groups is 1. The summed E-state index contributed by atoms with van der Waals surface area (Å²) in [5.74, 6) is -0.475. The zero-order valence-corrected chi connectivity index (χ0v) is 19.3. The lowest BCUT2D eigenvalue weighted by atomic mass is 10.1. The third-order valence-electron chi connectivity index (χ3n) is 5.08. The zero-order chi connectivity index (χ0) is 23.0. The fourth-order valence-corrected chi connectivity index (χ4v) is 5.33. The van der Waals surface area contributed by atoms with E-state index < -0.39 is 10.8 Å². The summed E-state index contributed by atoms with van der Waals surface area (Å²) < 4.78 is 5.82. The Morgan fingerprint density at radius 2 is 1.91 bits per heavy atom. The molecule has 2 aliphatic rings. The number of fused-ring (bicyclic) bond motifs is 2. The van der Waals surface area contributed by atoms with Crippen LogP contribution >= 0.6 is 23.4 Å². The van der Waals surface area contributed by atoms with Gasteiger partial charge in [-0.2, -0.15) is 5.01 Å². The van der Waals surface area contributed by atoms with Crippen molar-refractivity contribution in [1.29, 1.82) is 0 Å². The molecule has 8 nitrogen and oxygen atoms in total. The van der Waals surface area contributed by atoms with E-state index in [0.717, 1.165) is 22.3 Å². The van der Waals surface area contributed by atoms with E-state index in [1.54, 1.807) is 18.2 Å². The summed E-state index contributed by atoms with van der Waals surface area (Å²) in [6, 6.07) is 12.8. The SMILES string of the molecule is CC(=O)NC1=NN(C(C)=O)[C@]2(S1)C(=O)N(CCOc1ccc(C)cc1)c1c(Cl)cccc12. The Morgan fingerprint density at radius 3 is 2.56 bits per heavy atom. The van der Waals surface area contributed by atoms with Crippen LogP contribution in [0, 0.1) is 6.92 Å². The maximum atomic E-state index is 13.8. The summed E-state index contributed by atoms with van der Waals surface area (Å²) in [5, 5.41) is 8.46. The number of anilines is 1. The lowest BCUT2D eigenvalue weighted by Gasteiger charge is -2.29. The van der Waals surface area contributed by atoms with E-state index in [2.05, 4.69) is 10.4 Å². The first-order valence-electron chi connectivity index (χ1n) is 9.90. The van der Waals surface area contributed by atoms with E-state index in [1.165, 1.54) is 18.7 Å². The van der Waals surface area contributed by atoms with Gasteiger partial charge in [0.1, 0.15) is 12.4 Å². The van der Waals surface area contributed by atoms with Crippen molar-refractivity contribution < 1.29 is 19.1 Å². The molecule has 2 heterocycles. The van der Waals surface area contributed by atoms with Crippen LogP contribution in [0.15, 0.2) is 47.6 Å². The first kappa shape index (κ1) is 22.2. The fourth-order valence-electron chi connectivity index (χ4n) is 3.73. The van der Waals surface area contributed by atoms with Gasteiger partial charge in [0.05, 0.1) is 17.3 Å². The number of carbonyl (C=O) groups excluding carboxylic acids is 3. The summed E-state index contributed by atoms with van der Waals surface area (Å²) in [6.07, 6.45) is 0. The topological polar surface area (TPSA) is 91.3 Å². The molecule has 0 aromatic heterocycles. The summed E-state index contributed by atoms with van der Waals surface area (Å²) in [4.78, 5) is 37.9. The molecule has 1 spiro atoms. The van der Waals surface area contributed by atoms with E-state index in [4.69, 9.17) is 16.3 Å². The van der Waals surface area contributed by atoms with Gasteiger partial charge in [0, 0.05) is 19.4 Å². The van der Waals surface area contributed by atoms with Crippen LogP contribution in [0.2, 0.25) is 5.02 Å². The van der Waals surface area contributed by atoms with Gasteiger partial charge in [-0.25, -0.2) is 0 Å². The highest BCUT2D eigenvalue weighted by Crippen LogP contribution is 2.55. The highest BCUT2D eigenvalue weighted by molar-refractivity contribution is 8.15. The van der Waals surface area contributed by atoms with E-state index >= 15 is 0 Å². The van der Waals surface area contributed by atoms with Crippen molar-refractivity contribution in [3.8, 4) is 5.75 Å². The Labute approximate surface area is 194 Å². The number of hydrazone groups is 1. The average molecular weight is 473 g/mol. The van der Waals surface area contributed by atoms with Gasteiger partial charge in [-0.15, -0.1) is 5.10 Å². The van der Waals surface area contributed by atoms with Gasteiger partial charge in [-0.1, -0.05) is 41.4 Å². The summed E-state index contributed by atoms with van der Waals surface area (Å²) in [5.41, 5.74) is 2.16. The first-order chi connectivity index (χ1) is 15.2. The maximum absolute atomic E-state index is 13.8. The molecule has 2 aromatic carbocycles. The molecule has 32 heavy (non-hydrogen) atoms. The Hall–Kier alpha value is -3.04. The smallest absolute Gasteiger partial charge is 0.270 e. The predicted octanol–water partition coefficient (Wildman–Crippen LogP) is 3.23. The van der Waals surface area contributed by atoms with Crippen molar-refractivity contribution in [2.75, 3.05) is 18.1 Å². The van der Waals surface area contributed by atoms with E-state index in [9.17, 15) is 14.4 Å². The molecular weight excluding hydrogens is 452 g/mol. The highest BCUT2D eigenvalue weighted by atomic mass is 35.5. The number of halogens is 1. The molecule has 1 atom stereocenters. The van der Waals surface area contributed by atoms with Crippen LogP contribution in [-0.2, 0) is 19.3 Å². The Bertz CT molecular complexity index is 1140. The van der Waals surface area contributed by atoms with Crippen molar-refractivity contribution >= 4 is 51.9 Å². The van der Waals surface area contributed by atoms with Crippen LogP contribution in [0.4, 0.5) is 5.69 Å². The lowest BCUT2D eigenvalue weighted by molar-refractivity contribution is -0.139. The van der Waals surface area contributed by atoms with Gasteiger partial charge < -0.3 is 15.0 Å². The molecule has 1 N–H and O–H groups in total. The summed E-state index contributed by atoms with van der Waals surface area (Å²) in [7, 11) is 0. The number of rotatable bonds is 4. The van der Waals surface area contributed by atoms with Gasteiger partial charge in [-0.3, -0.25) is 14.4 Å². The third kappa shape index (κ3) is 3.71. The van der Waals surface area contributed by atoms with Gasteiger partial charge in [-0.05, 0) is 36.9 Å². The number of aryl methyl sites for hydroxylation is 1. The van der Waals surface area contributed by atoms with Crippen molar-refractivity contribution in [3.63, 3.8) is 0 Å². The van der Waals surface area contributed by atoms with Gasteiger partial charge >= 0.3 is 0 Å². The van der Waals surface area contributed by atoms with E-state index in [1.807, 2.05) is 31.2 Å². The minimum absolute atomic E-state index is 0.171. The summed E-state index contributed by atoms with van der Waals surface area (Å²) >= 11 is 7.51. The molecule has 2 aromatic rings. The van der Waals surface area contributed by atoms with Crippen LogP contribution in [0.25, 0.3) is 0 Å². The Kier molecular flexibility index (Phi) is 5.87. The summed E-state index contributed by atoms with van der Waals surface area (Å²) in [6.45, 7) is 5.08. The number of ether oxygens (including phenoxy) is 1. The third-order valence-corrected chi connectivity index (χ3v) is 6.62. The average Bonchev–Trinajstić information content (AvgIpc) is 3.22. The number of hydrogen-bond acceptors (Lipinski definition) is 6. The molecule has 0 radical (unpaired) electrons. The number of carbonyl (C=O) groups is 3. The van der Waals surface area contributed by atoms with E-state index in [0.29, 0.717) is 22.0 Å². The molecule has 166 valence electrons. The molecule has 0 bridgehead atoms. The quantitative estimate of drug-likeness (QED) is 0.737. The van der Waals surface area contributed by atoms with Crippen LogP contribution in [0.3, 0.4) is 0 Å². The number of thioether (sulfide) groups is 1. The molecule has 0 saturated carbocycles. The molecule has 0 fully saturated rings. The number of nitrogens with one attached hydrogen (secondary N) is 1. The van der Waals surface area contributed by atoms with Crippen LogP contribution in [0.5, 0.6) is 5.75 Å². The second-order valence-electron chi connectivity index (χ2n) is 7.42. The molecule has 2 aliphatic heterocycles. The standard InChI is InChI=1S/C22H21ClN4O4S/c1-13-7-9-16(10-8-13)31-12-11-26-19-17(5-4-6-18(19)23)22(20(26)30)27(15(3)29)25-21(32-22)24-14(2)28/h4-10H,11-12H2,1-3H3,(H,24,25,28)/t22-/m1/s1. The maximum Gasteiger partial charge on any atom is 0.270 e. The van der Waals surface area contributed by atoms with Crippen molar-refractivity contribution in [2.45, 2.75) is 25.6 Å². The minimum Gasteiger partial charge on any atom is -0.492 e. The molecule has 0 saturated heterocycles. The van der Waals surface area contributed by atoms with Crippen molar-refractivity contribution in [2.24, 2.45) is 5.10 Å². The van der Waals surface area contributed by atoms with Gasteiger partial charge in [0.2, 0.25) is 16.7 Å². The number of amides is 3. The fraction of sp³-hybridized carbons (Fsp3) is 0.273. The molecule has 0 unspecified atom stereocenters. The lowest BCUT2D eigenvalue weighted by Crippen LogP contribution is -2.49. The number of para-hydroxylation sites is 1. The minimum atomic E-state index is -1.48. The van der Waals surface area contributed by atoms with Gasteiger partial charge in [0.25, 0.3) is 5.91 Å². The molecular formula is C22H21ClN4O4S. The highest BCUT2D eigenvalue weighted by Gasteiger charge is 2.61. The van der Waals surface area contributed by atoms with Crippen LogP contribution in [-0.4, -0.2) is 41.0 Å². The Morgan fingerprint density at radius 1 is 1.19 bits per heavy atom. The largest absolute Gasteiger partial charge is 0.492 e. The second-order valence-corrected chi connectivity index (χ2v) is 9.01. The van der Waals surface area contributed by atoms with Crippen LogP contribution in [0.1, 0.15) is 25.0 Å². The van der Waals surface area contributed by atoms with E-state index in [-0.39, 0.29) is 30.1 Å². The number of nitrogens with zero attached hydrogens (tertiary/aromatic N) is 3. The Balaban J connectivity index is 1.66. The normalized spacial score (nSPS) is 19.2. The molecule has 0 aliphatic carbocycles. The number of benzene rings is 2. The van der Waals surface area contributed by atoms with Crippen molar-refractivity contribution in [1.82, 2.24) is 10.3 Å². The first-order valence-corrected chi connectivity index (χ1v) is 11.1. The predicted molar refractivity (Wildman–Crippen MR) is 124 cm³/mol. The van der Waals surface area contributed by atoms with Crippen molar-refractivity contribution in [3.05, 3.63) is 58.6 Å².